The molecular weight excluding hydrogens is 192 g/mol. The molecule has 3 saturated carbocycles. The summed E-state index contributed by atoms with van der Waals surface area (Å²) in [7, 11) is 0. The molecule has 0 aliphatic heterocycles. The first kappa shape index (κ1) is 9.51. The topological polar surface area (TPSA) is 0 Å². The number of hydrogen-bond donors (Lipinski definition) is 0. The van der Waals surface area contributed by atoms with Crippen molar-refractivity contribution in [1.82, 2.24) is 0 Å². The number of fused-ring (bicyclic) bond motifs is 1. The maximum absolute atomic E-state index is 6.16. The summed E-state index contributed by atoms with van der Waals surface area (Å²) in [6, 6.07) is 0. The predicted molar refractivity (Wildman–Crippen MR) is 60.6 cm³/mol. The maximum Gasteiger partial charge on any atom is 0.0262 e. The number of alkyl halides is 1. The predicted octanol–water partition coefficient (Wildman–Crippen LogP) is 4.22. The van der Waals surface area contributed by atoms with Gasteiger partial charge in [-0.1, -0.05) is 26.7 Å². The van der Waals surface area contributed by atoms with Crippen LogP contribution in [0.2, 0.25) is 0 Å². The first-order chi connectivity index (χ1) is 6.61. The lowest BCUT2D eigenvalue weighted by atomic mass is 9.58. The lowest BCUT2D eigenvalue weighted by molar-refractivity contribution is 0.0332. The van der Waals surface area contributed by atoms with Crippen molar-refractivity contribution in [3.63, 3.8) is 0 Å². The SMILES string of the molecule is CC1(C)C(CCl)C12CCCC21CCC1. The first-order valence-corrected chi connectivity index (χ1v) is 6.70. The molecule has 0 heterocycles. The number of halogens is 1. The molecule has 0 radical (unpaired) electrons. The molecule has 2 spiro atoms. The molecule has 14 heavy (non-hydrogen) atoms. The van der Waals surface area contributed by atoms with Gasteiger partial charge < -0.3 is 0 Å². The highest BCUT2D eigenvalue weighted by atomic mass is 35.5. The van der Waals surface area contributed by atoms with E-state index in [1.165, 1.54) is 38.5 Å². The third kappa shape index (κ3) is 0.731. The van der Waals surface area contributed by atoms with Crippen molar-refractivity contribution < 1.29 is 0 Å². The van der Waals surface area contributed by atoms with Gasteiger partial charge in [0.25, 0.3) is 0 Å². The molecule has 3 aliphatic rings. The summed E-state index contributed by atoms with van der Waals surface area (Å²) in [5.41, 5.74) is 1.96. The Morgan fingerprint density at radius 2 is 1.64 bits per heavy atom. The van der Waals surface area contributed by atoms with Gasteiger partial charge in [-0.05, 0) is 47.8 Å². The van der Waals surface area contributed by atoms with Crippen LogP contribution in [0.3, 0.4) is 0 Å². The molecule has 0 N–H and O–H groups in total. The Hall–Kier alpha value is 0.290. The zero-order chi connectivity index (χ0) is 10.0. The second-order valence-electron chi connectivity index (χ2n) is 6.39. The average molecular weight is 213 g/mol. The Kier molecular flexibility index (Phi) is 1.70. The molecule has 0 saturated heterocycles. The molecule has 3 aliphatic carbocycles. The van der Waals surface area contributed by atoms with Gasteiger partial charge in [-0.2, -0.15) is 0 Å². The highest BCUT2D eigenvalue weighted by molar-refractivity contribution is 6.18. The van der Waals surface area contributed by atoms with Crippen molar-refractivity contribution in [2.24, 2.45) is 22.2 Å². The Morgan fingerprint density at radius 3 is 2.07 bits per heavy atom. The standard InChI is InChI=1S/C13H21Cl/c1-11(2)10(9-14)13(11)8-4-7-12(13)5-3-6-12/h10H,3-9H2,1-2H3. The van der Waals surface area contributed by atoms with Gasteiger partial charge in [-0.15, -0.1) is 11.6 Å². The van der Waals surface area contributed by atoms with Crippen LogP contribution in [0.25, 0.3) is 0 Å². The molecule has 0 aromatic heterocycles. The second kappa shape index (κ2) is 2.51. The lowest BCUT2D eigenvalue weighted by Gasteiger charge is -2.46. The molecule has 0 amide bonds. The fraction of sp³-hybridized carbons (Fsp3) is 1.00. The van der Waals surface area contributed by atoms with Crippen LogP contribution in [0.4, 0.5) is 0 Å². The molecular formula is C13H21Cl. The summed E-state index contributed by atoms with van der Waals surface area (Å²) in [5, 5.41) is 0. The highest BCUT2D eigenvalue weighted by Crippen LogP contribution is 2.85. The average Bonchev–Trinajstić information content (AvgIpc) is 2.43. The number of rotatable bonds is 1. The molecule has 0 aromatic rings. The van der Waals surface area contributed by atoms with E-state index < -0.39 is 0 Å². The Labute approximate surface area is 92.4 Å². The van der Waals surface area contributed by atoms with Gasteiger partial charge >= 0.3 is 0 Å². The molecule has 3 rings (SSSR count). The number of hydrogen-bond acceptors (Lipinski definition) is 0. The van der Waals surface area contributed by atoms with Gasteiger partial charge in [0.05, 0.1) is 0 Å². The van der Waals surface area contributed by atoms with Gasteiger partial charge in [-0.3, -0.25) is 0 Å². The fourth-order valence-electron chi connectivity index (χ4n) is 5.33. The molecule has 2 atom stereocenters. The van der Waals surface area contributed by atoms with Gasteiger partial charge in [0, 0.05) is 5.88 Å². The first-order valence-electron chi connectivity index (χ1n) is 6.17. The Morgan fingerprint density at radius 1 is 1.07 bits per heavy atom. The lowest BCUT2D eigenvalue weighted by Crippen LogP contribution is -2.37. The third-order valence-electron chi connectivity index (χ3n) is 6.17. The Balaban J connectivity index is 1.97. The Bertz CT molecular complexity index is 264. The molecule has 80 valence electrons. The van der Waals surface area contributed by atoms with Crippen LogP contribution in [-0.2, 0) is 0 Å². The smallest absolute Gasteiger partial charge is 0.0262 e. The van der Waals surface area contributed by atoms with E-state index in [0.29, 0.717) is 10.8 Å². The van der Waals surface area contributed by atoms with E-state index in [1.807, 2.05) is 0 Å². The normalized spacial score (nSPS) is 46.9. The van der Waals surface area contributed by atoms with Crippen LogP contribution in [0, 0.1) is 22.2 Å². The van der Waals surface area contributed by atoms with Crippen molar-refractivity contribution in [1.29, 1.82) is 0 Å². The molecule has 0 bridgehead atoms. The van der Waals surface area contributed by atoms with Gasteiger partial charge in [0.15, 0.2) is 0 Å². The zero-order valence-corrected chi connectivity index (χ0v) is 10.2. The quantitative estimate of drug-likeness (QED) is 0.571. The van der Waals surface area contributed by atoms with Crippen molar-refractivity contribution >= 4 is 11.6 Å². The summed E-state index contributed by atoms with van der Waals surface area (Å²) in [5.74, 6) is 1.72. The monoisotopic (exact) mass is 212 g/mol. The van der Waals surface area contributed by atoms with Crippen LogP contribution in [0.15, 0.2) is 0 Å². The summed E-state index contributed by atoms with van der Waals surface area (Å²) < 4.78 is 0. The zero-order valence-electron chi connectivity index (χ0n) is 9.41. The van der Waals surface area contributed by atoms with Gasteiger partial charge in [0.1, 0.15) is 0 Å². The second-order valence-corrected chi connectivity index (χ2v) is 6.70. The van der Waals surface area contributed by atoms with Crippen molar-refractivity contribution in [2.45, 2.75) is 52.4 Å². The largest absolute Gasteiger partial charge is 0.126 e. The van der Waals surface area contributed by atoms with E-state index in [2.05, 4.69) is 13.8 Å². The minimum atomic E-state index is 0.547. The van der Waals surface area contributed by atoms with Gasteiger partial charge in [-0.25, -0.2) is 0 Å². The summed E-state index contributed by atoms with van der Waals surface area (Å²) in [6.45, 7) is 4.93. The van der Waals surface area contributed by atoms with Crippen LogP contribution in [0.5, 0.6) is 0 Å². The summed E-state index contributed by atoms with van der Waals surface area (Å²) in [6.07, 6.45) is 8.93. The van der Waals surface area contributed by atoms with Crippen molar-refractivity contribution in [2.75, 3.05) is 5.88 Å². The van der Waals surface area contributed by atoms with E-state index in [1.54, 1.807) is 0 Å². The van der Waals surface area contributed by atoms with Crippen LogP contribution in [-0.4, -0.2) is 5.88 Å². The molecule has 1 heteroatoms. The molecule has 2 unspecified atom stereocenters. The van der Waals surface area contributed by atoms with Crippen molar-refractivity contribution in [3.05, 3.63) is 0 Å². The van der Waals surface area contributed by atoms with E-state index in [9.17, 15) is 0 Å². The van der Waals surface area contributed by atoms with E-state index in [0.717, 1.165) is 17.2 Å². The fourth-order valence-corrected chi connectivity index (χ4v) is 5.98. The third-order valence-corrected chi connectivity index (χ3v) is 6.48. The van der Waals surface area contributed by atoms with Gasteiger partial charge in [0.2, 0.25) is 0 Å². The summed E-state index contributed by atoms with van der Waals surface area (Å²) in [4.78, 5) is 0. The van der Waals surface area contributed by atoms with Crippen LogP contribution >= 0.6 is 11.6 Å². The highest BCUT2D eigenvalue weighted by Gasteiger charge is 2.79. The molecule has 0 nitrogen and oxygen atoms in total. The summed E-state index contributed by atoms with van der Waals surface area (Å²) >= 11 is 6.16. The van der Waals surface area contributed by atoms with E-state index >= 15 is 0 Å². The maximum atomic E-state index is 6.16. The van der Waals surface area contributed by atoms with E-state index in [4.69, 9.17) is 11.6 Å². The van der Waals surface area contributed by atoms with Crippen LogP contribution in [0.1, 0.15) is 52.4 Å². The van der Waals surface area contributed by atoms with Crippen molar-refractivity contribution in [3.8, 4) is 0 Å². The molecule has 3 fully saturated rings. The van der Waals surface area contributed by atoms with E-state index in [-0.39, 0.29) is 0 Å². The minimum absolute atomic E-state index is 0.547. The minimum Gasteiger partial charge on any atom is -0.126 e. The molecule has 0 aromatic carbocycles. The van der Waals surface area contributed by atoms with Crippen LogP contribution < -0.4 is 0 Å².